The topological polar surface area (TPSA) is 110 Å². The smallest absolute Gasteiger partial charge is 0.306 e. The standard InChI is InChI=1S/C27H29N5O3/c1-3-4-18-9-12-22(26(33)31-21-10-7-19(8-11-21)27(34)35)24-23(18)15-30-32(24)16(2)25-28-13-20(14-29-25)17-5-6-17/h9,12-17,19,21H,5-8,10-11H2,1-2H3,(H,31,33)(H,34,35). The Morgan fingerprint density at radius 2 is 1.80 bits per heavy atom. The van der Waals surface area contributed by atoms with Crippen molar-refractivity contribution in [2.75, 3.05) is 0 Å². The molecule has 2 aliphatic rings. The fourth-order valence-electron chi connectivity index (χ4n) is 4.93. The van der Waals surface area contributed by atoms with Gasteiger partial charge in [-0.05, 0) is 76.0 Å². The lowest BCUT2D eigenvalue weighted by atomic mass is 9.86. The molecule has 1 aromatic carbocycles. The van der Waals surface area contributed by atoms with Gasteiger partial charge < -0.3 is 10.4 Å². The van der Waals surface area contributed by atoms with Crippen LogP contribution in [-0.2, 0) is 4.79 Å². The minimum Gasteiger partial charge on any atom is -0.481 e. The zero-order valence-electron chi connectivity index (χ0n) is 20.0. The molecule has 3 aromatic rings. The van der Waals surface area contributed by atoms with Crippen LogP contribution in [0.2, 0.25) is 0 Å². The van der Waals surface area contributed by atoms with E-state index >= 15 is 0 Å². The Bertz CT molecular complexity index is 1320. The largest absolute Gasteiger partial charge is 0.481 e. The predicted molar refractivity (Wildman–Crippen MR) is 131 cm³/mol. The van der Waals surface area contributed by atoms with Crippen molar-refractivity contribution in [2.45, 2.75) is 70.4 Å². The first-order chi connectivity index (χ1) is 17.0. The lowest BCUT2D eigenvalue weighted by Crippen LogP contribution is -2.39. The molecule has 180 valence electrons. The molecule has 0 saturated heterocycles. The Morgan fingerprint density at radius 1 is 1.09 bits per heavy atom. The van der Waals surface area contributed by atoms with E-state index in [1.54, 1.807) is 23.9 Å². The number of aromatic nitrogens is 4. The van der Waals surface area contributed by atoms with Crippen molar-refractivity contribution in [1.29, 1.82) is 0 Å². The zero-order chi connectivity index (χ0) is 24.5. The zero-order valence-corrected chi connectivity index (χ0v) is 20.0. The molecule has 1 atom stereocenters. The number of carboxylic acids is 1. The first-order valence-electron chi connectivity index (χ1n) is 12.2. The van der Waals surface area contributed by atoms with Crippen molar-refractivity contribution < 1.29 is 14.7 Å². The lowest BCUT2D eigenvalue weighted by Gasteiger charge is -2.27. The van der Waals surface area contributed by atoms with Gasteiger partial charge in [-0.15, -0.1) is 5.92 Å². The highest BCUT2D eigenvalue weighted by Crippen LogP contribution is 2.39. The number of amides is 1. The highest BCUT2D eigenvalue weighted by molar-refractivity contribution is 6.07. The average Bonchev–Trinajstić information content (AvgIpc) is 3.62. The number of benzene rings is 1. The minimum absolute atomic E-state index is 0.0460. The third-order valence-corrected chi connectivity index (χ3v) is 7.15. The van der Waals surface area contributed by atoms with E-state index in [4.69, 9.17) is 0 Å². The molecule has 2 aliphatic carbocycles. The Labute approximate surface area is 204 Å². The summed E-state index contributed by atoms with van der Waals surface area (Å²) in [7, 11) is 0. The number of aliphatic carboxylic acids is 1. The van der Waals surface area contributed by atoms with Gasteiger partial charge in [0.25, 0.3) is 5.91 Å². The number of fused-ring (bicyclic) bond motifs is 1. The molecule has 8 heteroatoms. The summed E-state index contributed by atoms with van der Waals surface area (Å²) >= 11 is 0. The van der Waals surface area contributed by atoms with Gasteiger partial charge >= 0.3 is 5.97 Å². The summed E-state index contributed by atoms with van der Waals surface area (Å²) in [4.78, 5) is 33.9. The second-order valence-corrected chi connectivity index (χ2v) is 9.57. The third kappa shape index (κ3) is 4.63. The van der Waals surface area contributed by atoms with Crippen LogP contribution in [0.15, 0.2) is 30.7 Å². The third-order valence-electron chi connectivity index (χ3n) is 7.15. The van der Waals surface area contributed by atoms with E-state index in [9.17, 15) is 14.7 Å². The molecule has 0 radical (unpaired) electrons. The summed E-state index contributed by atoms with van der Waals surface area (Å²) in [5.74, 6) is 6.00. The Kier molecular flexibility index (Phi) is 6.25. The molecule has 0 spiro atoms. The van der Waals surface area contributed by atoms with Gasteiger partial charge in [0, 0.05) is 29.4 Å². The lowest BCUT2D eigenvalue weighted by molar-refractivity contribution is -0.142. The van der Waals surface area contributed by atoms with Crippen LogP contribution >= 0.6 is 0 Å². The average molecular weight is 472 g/mol. The SMILES string of the molecule is CC#Cc1ccc(C(=O)NC2CCC(C(=O)O)CC2)c2c1cnn2C(C)c1ncc(C2CC2)cn1. The second kappa shape index (κ2) is 9.49. The highest BCUT2D eigenvalue weighted by Gasteiger charge is 2.29. The van der Waals surface area contributed by atoms with Crippen LogP contribution in [0, 0.1) is 17.8 Å². The number of carboxylic acid groups (broad SMARTS) is 1. The van der Waals surface area contributed by atoms with Gasteiger partial charge in [-0.2, -0.15) is 5.10 Å². The van der Waals surface area contributed by atoms with E-state index in [1.165, 1.54) is 18.4 Å². The Morgan fingerprint density at radius 3 is 2.43 bits per heavy atom. The van der Waals surface area contributed by atoms with E-state index in [2.05, 4.69) is 32.2 Å². The number of hydrogen-bond donors (Lipinski definition) is 2. The predicted octanol–water partition coefficient (Wildman–Crippen LogP) is 4.06. The van der Waals surface area contributed by atoms with Gasteiger partial charge in [0.1, 0.15) is 6.04 Å². The highest BCUT2D eigenvalue weighted by atomic mass is 16.4. The van der Waals surface area contributed by atoms with E-state index in [-0.39, 0.29) is 23.9 Å². The van der Waals surface area contributed by atoms with Crippen LogP contribution in [0.1, 0.15) is 91.6 Å². The molecular formula is C27H29N5O3. The monoisotopic (exact) mass is 471 g/mol. The van der Waals surface area contributed by atoms with Crippen molar-refractivity contribution in [3.63, 3.8) is 0 Å². The molecule has 2 saturated carbocycles. The van der Waals surface area contributed by atoms with Gasteiger partial charge in [-0.1, -0.05) is 5.92 Å². The summed E-state index contributed by atoms with van der Waals surface area (Å²) < 4.78 is 1.80. The van der Waals surface area contributed by atoms with Crippen LogP contribution in [0.25, 0.3) is 10.9 Å². The maximum absolute atomic E-state index is 13.4. The number of nitrogens with zero attached hydrogens (tertiary/aromatic N) is 4. The molecule has 2 aromatic heterocycles. The van der Waals surface area contributed by atoms with Crippen LogP contribution < -0.4 is 5.32 Å². The van der Waals surface area contributed by atoms with Crippen LogP contribution in [0.4, 0.5) is 0 Å². The van der Waals surface area contributed by atoms with Gasteiger partial charge in [0.05, 0.1) is 23.2 Å². The molecule has 8 nitrogen and oxygen atoms in total. The molecule has 0 aliphatic heterocycles. The quantitative estimate of drug-likeness (QED) is 0.525. The molecule has 5 rings (SSSR count). The van der Waals surface area contributed by atoms with Crippen molar-refractivity contribution in [2.24, 2.45) is 5.92 Å². The number of rotatable bonds is 6. The van der Waals surface area contributed by atoms with Crippen molar-refractivity contribution in [3.05, 3.63) is 53.2 Å². The Balaban J connectivity index is 1.46. The van der Waals surface area contributed by atoms with Gasteiger partial charge in [0.15, 0.2) is 5.82 Å². The fourth-order valence-corrected chi connectivity index (χ4v) is 4.93. The van der Waals surface area contributed by atoms with Gasteiger partial charge in [0.2, 0.25) is 0 Å². The first-order valence-corrected chi connectivity index (χ1v) is 12.2. The van der Waals surface area contributed by atoms with Crippen molar-refractivity contribution in [3.8, 4) is 11.8 Å². The van der Waals surface area contributed by atoms with Crippen LogP contribution in [0.5, 0.6) is 0 Å². The molecule has 35 heavy (non-hydrogen) atoms. The minimum atomic E-state index is -0.755. The number of nitrogens with one attached hydrogen (secondary N) is 1. The van der Waals surface area contributed by atoms with E-state index in [1.807, 2.05) is 25.4 Å². The first kappa shape index (κ1) is 23.0. The molecule has 2 N–H and O–H groups in total. The summed E-state index contributed by atoms with van der Waals surface area (Å²) in [5, 5.41) is 17.8. The number of carbonyl (C=O) groups excluding carboxylic acids is 1. The normalized spacial score (nSPS) is 20.6. The fraction of sp³-hybridized carbons (Fsp3) is 0.444. The summed E-state index contributed by atoms with van der Waals surface area (Å²) in [5.41, 5.74) is 3.19. The second-order valence-electron chi connectivity index (χ2n) is 9.57. The molecule has 2 heterocycles. The Hall–Kier alpha value is -3.73. The van der Waals surface area contributed by atoms with Gasteiger partial charge in [-0.25, -0.2) is 9.97 Å². The van der Waals surface area contributed by atoms with Crippen LogP contribution in [0.3, 0.4) is 0 Å². The van der Waals surface area contributed by atoms with E-state index < -0.39 is 5.97 Å². The maximum atomic E-state index is 13.4. The molecule has 1 unspecified atom stereocenters. The van der Waals surface area contributed by atoms with E-state index in [0.717, 1.165) is 10.9 Å². The molecular weight excluding hydrogens is 442 g/mol. The maximum Gasteiger partial charge on any atom is 0.306 e. The van der Waals surface area contributed by atoms with Gasteiger partial charge in [-0.3, -0.25) is 14.3 Å². The molecule has 2 fully saturated rings. The van der Waals surface area contributed by atoms with Crippen molar-refractivity contribution in [1.82, 2.24) is 25.1 Å². The number of carbonyl (C=O) groups is 2. The number of hydrogen-bond acceptors (Lipinski definition) is 5. The van der Waals surface area contributed by atoms with Crippen molar-refractivity contribution >= 4 is 22.8 Å². The van der Waals surface area contributed by atoms with Crippen LogP contribution in [-0.4, -0.2) is 42.8 Å². The molecule has 0 bridgehead atoms. The summed E-state index contributed by atoms with van der Waals surface area (Å²) in [6.07, 6.45) is 10.4. The van der Waals surface area contributed by atoms with E-state index in [0.29, 0.717) is 48.5 Å². The summed E-state index contributed by atoms with van der Waals surface area (Å²) in [6.45, 7) is 3.76. The summed E-state index contributed by atoms with van der Waals surface area (Å²) in [6, 6.07) is 3.33. The molecule has 1 amide bonds.